The summed E-state index contributed by atoms with van der Waals surface area (Å²) in [4.78, 5) is 4.51. The Kier molecular flexibility index (Phi) is 7.07. The van der Waals surface area contributed by atoms with Crippen LogP contribution in [0.1, 0.15) is 24.3 Å². The van der Waals surface area contributed by atoms with Gasteiger partial charge in [0, 0.05) is 11.8 Å². The highest BCUT2D eigenvalue weighted by molar-refractivity contribution is 14.0. The normalized spacial score (nSPS) is 19.1. The largest absolute Gasteiger partial charge is 0.493 e. The lowest BCUT2D eigenvalue weighted by molar-refractivity contribution is 0.353. The minimum absolute atomic E-state index is 0. The zero-order valence-electron chi connectivity index (χ0n) is 14.7. The van der Waals surface area contributed by atoms with Gasteiger partial charge in [0.2, 0.25) is 0 Å². The number of nitrogens with two attached hydrogens (primary N) is 1. The second-order valence-electron chi connectivity index (χ2n) is 6.08. The highest BCUT2D eigenvalue weighted by Gasteiger charge is 2.30. The lowest BCUT2D eigenvalue weighted by atomic mass is 9.76. The predicted molar refractivity (Wildman–Crippen MR) is 112 cm³/mol. The number of anilines is 1. The molecule has 0 amide bonds. The Morgan fingerprint density at radius 1 is 1.08 bits per heavy atom. The predicted octanol–water partition coefficient (Wildman–Crippen LogP) is 4.13. The van der Waals surface area contributed by atoms with E-state index in [-0.39, 0.29) is 35.8 Å². The molecule has 0 aliphatic heterocycles. The zero-order valence-corrected chi connectivity index (χ0v) is 17.1. The summed E-state index contributed by atoms with van der Waals surface area (Å²) < 4.78 is 23.4. The molecular weight excluding hydrogens is 448 g/mol. The average Bonchev–Trinajstić information content (AvgIpc) is 2.58. The summed E-state index contributed by atoms with van der Waals surface area (Å²) in [6, 6.07) is 12.3. The lowest BCUT2D eigenvalue weighted by Gasteiger charge is -2.33. The Balaban J connectivity index is 0.00000243. The molecule has 0 spiro atoms. The van der Waals surface area contributed by atoms with E-state index < -0.39 is 0 Å². The van der Waals surface area contributed by atoms with Crippen LogP contribution in [0.25, 0.3) is 0 Å². The van der Waals surface area contributed by atoms with Crippen molar-refractivity contribution in [3.05, 3.63) is 53.8 Å². The third kappa shape index (κ3) is 4.78. The van der Waals surface area contributed by atoms with Crippen molar-refractivity contribution < 1.29 is 13.9 Å². The van der Waals surface area contributed by atoms with E-state index in [1.54, 1.807) is 14.2 Å². The minimum Gasteiger partial charge on any atom is -0.493 e. The van der Waals surface area contributed by atoms with Crippen LogP contribution in [0.4, 0.5) is 10.1 Å². The Hall–Kier alpha value is -2.03. The quantitative estimate of drug-likeness (QED) is 0.391. The fraction of sp³-hybridized carbons (Fsp3) is 0.316. The molecule has 7 heteroatoms. The molecule has 1 fully saturated rings. The van der Waals surface area contributed by atoms with Gasteiger partial charge in [-0.3, -0.25) is 0 Å². The van der Waals surface area contributed by atoms with Gasteiger partial charge < -0.3 is 20.5 Å². The first-order chi connectivity index (χ1) is 12.1. The van der Waals surface area contributed by atoms with E-state index in [1.807, 2.05) is 30.3 Å². The van der Waals surface area contributed by atoms with Crippen LogP contribution in [-0.2, 0) is 0 Å². The monoisotopic (exact) mass is 471 g/mol. The zero-order chi connectivity index (χ0) is 17.8. The van der Waals surface area contributed by atoms with Crippen molar-refractivity contribution in [3.8, 4) is 11.5 Å². The molecule has 2 aromatic rings. The second-order valence-corrected chi connectivity index (χ2v) is 6.08. The summed E-state index contributed by atoms with van der Waals surface area (Å²) in [5.41, 5.74) is 7.94. The van der Waals surface area contributed by atoms with E-state index in [2.05, 4.69) is 10.3 Å². The molecule has 140 valence electrons. The highest BCUT2D eigenvalue weighted by atomic mass is 127. The molecule has 2 aromatic carbocycles. The van der Waals surface area contributed by atoms with Gasteiger partial charge in [0.1, 0.15) is 5.82 Å². The van der Waals surface area contributed by atoms with E-state index in [0.29, 0.717) is 23.4 Å². The number of methoxy groups -OCH3 is 2. The topological polar surface area (TPSA) is 68.9 Å². The summed E-state index contributed by atoms with van der Waals surface area (Å²) in [7, 11) is 3.18. The van der Waals surface area contributed by atoms with Crippen molar-refractivity contribution in [1.29, 1.82) is 0 Å². The molecule has 0 atom stereocenters. The first kappa shape index (κ1) is 20.3. The number of nitrogens with one attached hydrogen (secondary N) is 1. The maximum atomic E-state index is 13.0. The molecule has 0 saturated heterocycles. The molecule has 5 nitrogen and oxygen atoms in total. The van der Waals surface area contributed by atoms with Crippen LogP contribution >= 0.6 is 24.0 Å². The number of aliphatic imine (C=N–C) groups is 1. The van der Waals surface area contributed by atoms with Gasteiger partial charge in [-0.05, 0) is 48.6 Å². The van der Waals surface area contributed by atoms with Crippen molar-refractivity contribution in [1.82, 2.24) is 0 Å². The average molecular weight is 471 g/mol. The van der Waals surface area contributed by atoms with E-state index >= 15 is 0 Å². The molecule has 3 N–H and O–H groups in total. The molecule has 0 radical (unpaired) electrons. The van der Waals surface area contributed by atoms with Gasteiger partial charge >= 0.3 is 0 Å². The summed E-state index contributed by atoms with van der Waals surface area (Å²) in [6.07, 6.45) is 1.83. The van der Waals surface area contributed by atoms with Crippen molar-refractivity contribution >= 4 is 35.6 Å². The van der Waals surface area contributed by atoms with Crippen LogP contribution in [-0.4, -0.2) is 26.2 Å². The highest BCUT2D eigenvalue weighted by Crippen LogP contribution is 2.38. The minimum atomic E-state index is -0.207. The van der Waals surface area contributed by atoms with Gasteiger partial charge in [0.25, 0.3) is 0 Å². The maximum Gasteiger partial charge on any atom is 0.193 e. The van der Waals surface area contributed by atoms with Crippen LogP contribution in [0.15, 0.2) is 47.5 Å². The molecule has 0 heterocycles. The number of rotatable bonds is 5. The van der Waals surface area contributed by atoms with Gasteiger partial charge in [-0.15, -0.1) is 24.0 Å². The summed E-state index contributed by atoms with van der Waals surface area (Å²) in [6.45, 7) is 0. The third-order valence-corrected chi connectivity index (χ3v) is 4.43. The first-order valence-corrected chi connectivity index (χ1v) is 8.17. The summed E-state index contributed by atoms with van der Waals surface area (Å²) in [5.74, 6) is 1.86. The van der Waals surface area contributed by atoms with Crippen LogP contribution in [0.5, 0.6) is 11.5 Å². The Morgan fingerprint density at radius 3 is 2.35 bits per heavy atom. The Labute approximate surface area is 169 Å². The Morgan fingerprint density at radius 2 is 1.73 bits per heavy atom. The molecule has 1 aliphatic carbocycles. The summed E-state index contributed by atoms with van der Waals surface area (Å²) >= 11 is 0. The van der Waals surface area contributed by atoms with Gasteiger partial charge in [0.15, 0.2) is 17.5 Å². The van der Waals surface area contributed by atoms with Gasteiger partial charge in [-0.25, -0.2) is 9.38 Å². The number of hydrogen-bond acceptors (Lipinski definition) is 3. The number of guanidine groups is 1. The summed E-state index contributed by atoms with van der Waals surface area (Å²) in [5, 5.41) is 3.07. The standard InChI is InChI=1S/C19H22FN3O2.HI/c1-24-17-8-7-15(11-18(17)25-2)22-19(21)23-16-9-13(10-16)12-3-5-14(20)6-4-12;/h3-8,11,13,16H,9-10H2,1-2H3,(H3,21,22,23);1H. The first-order valence-electron chi connectivity index (χ1n) is 8.17. The van der Waals surface area contributed by atoms with Crippen molar-refractivity contribution in [2.75, 3.05) is 19.5 Å². The maximum absolute atomic E-state index is 13.0. The lowest BCUT2D eigenvalue weighted by Crippen LogP contribution is -2.31. The second kappa shape index (κ2) is 9.07. The van der Waals surface area contributed by atoms with E-state index in [1.165, 1.54) is 12.1 Å². The SMILES string of the molecule is COc1ccc(NC(N)=NC2CC(c3ccc(F)cc3)C2)cc1OC.I. The fourth-order valence-electron chi connectivity index (χ4n) is 2.99. The molecule has 26 heavy (non-hydrogen) atoms. The van der Waals surface area contributed by atoms with Crippen molar-refractivity contribution in [2.24, 2.45) is 10.7 Å². The number of halogens is 2. The molecule has 0 aromatic heterocycles. The fourth-order valence-corrected chi connectivity index (χ4v) is 2.99. The number of nitrogens with zero attached hydrogens (tertiary/aromatic N) is 1. The van der Waals surface area contributed by atoms with Crippen molar-refractivity contribution in [3.63, 3.8) is 0 Å². The van der Waals surface area contributed by atoms with Gasteiger partial charge in [-0.1, -0.05) is 12.1 Å². The molecule has 1 aliphatic rings. The van der Waals surface area contributed by atoms with Crippen molar-refractivity contribution in [2.45, 2.75) is 24.8 Å². The third-order valence-electron chi connectivity index (χ3n) is 4.43. The molecular formula is C19H23FIN3O2. The molecule has 0 bridgehead atoms. The smallest absolute Gasteiger partial charge is 0.193 e. The number of ether oxygens (including phenoxy) is 2. The van der Waals surface area contributed by atoms with Gasteiger partial charge in [-0.2, -0.15) is 0 Å². The number of benzene rings is 2. The Bertz CT molecular complexity index is 762. The van der Waals surface area contributed by atoms with Crippen LogP contribution in [0, 0.1) is 5.82 Å². The van der Waals surface area contributed by atoms with Gasteiger partial charge in [0.05, 0.1) is 20.3 Å². The van der Waals surface area contributed by atoms with Crippen LogP contribution in [0.3, 0.4) is 0 Å². The van der Waals surface area contributed by atoms with E-state index in [0.717, 1.165) is 24.1 Å². The molecule has 3 rings (SSSR count). The number of hydrogen-bond donors (Lipinski definition) is 2. The van der Waals surface area contributed by atoms with E-state index in [4.69, 9.17) is 15.2 Å². The molecule has 0 unspecified atom stereocenters. The van der Waals surface area contributed by atoms with Crippen LogP contribution < -0.4 is 20.5 Å². The van der Waals surface area contributed by atoms with E-state index in [9.17, 15) is 4.39 Å². The molecule has 1 saturated carbocycles. The van der Waals surface area contributed by atoms with Crippen LogP contribution in [0.2, 0.25) is 0 Å².